The SMILES string of the molecule is NC1=CCC=C1c1ccc(F)cc1. The first-order chi connectivity index (χ1) is 6.27. The van der Waals surface area contributed by atoms with Crippen LogP contribution >= 0.6 is 0 Å². The van der Waals surface area contributed by atoms with Gasteiger partial charge in [0, 0.05) is 11.3 Å². The highest BCUT2D eigenvalue weighted by Crippen LogP contribution is 2.25. The second-order valence-corrected chi connectivity index (χ2v) is 3.02. The average Bonchev–Trinajstić information content (AvgIpc) is 2.53. The molecule has 1 aliphatic rings. The second-order valence-electron chi connectivity index (χ2n) is 3.02. The van der Waals surface area contributed by atoms with Crippen LogP contribution in [0.4, 0.5) is 4.39 Å². The van der Waals surface area contributed by atoms with Gasteiger partial charge in [-0.3, -0.25) is 0 Å². The van der Waals surface area contributed by atoms with Gasteiger partial charge in [0.15, 0.2) is 0 Å². The van der Waals surface area contributed by atoms with Crippen molar-refractivity contribution in [2.75, 3.05) is 0 Å². The minimum atomic E-state index is -0.218. The number of nitrogens with two attached hydrogens (primary N) is 1. The van der Waals surface area contributed by atoms with Crippen molar-refractivity contribution in [3.8, 4) is 0 Å². The van der Waals surface area contributed by atoms with Gasteiger partial charge in [0.05, 0.1) is 0 Å². The number of hydrogen-bond acceptors (Lipinski definition) is 1. The molecule has 13 heavy (non-hydrogen) atoms. The van der Waals surface area contributed by atoms with Crippen molar-refractivity contribution in [3.63, 3.8) is 0 Å². The Bertz CT molecular complexity index is 374. The molecule has 0 saturated heterocycles. The summed E-state index contributed by atoms with van der Waals surface area (Å²) in [4.78, 5) is 0. The predicted molar refractivity (Wildman–Crippen MR) is 51.3 cm³/mol. The smallest absolute Gasteiger partial charge is 0.123 e. The molecule has 0 bridgehead atoms. The Balaban J connectivity index is 2.37. The number of benzene rings is 1. The Morgan fingerprint density at radius 3 is 2.31 bits per heavy atom. The zero-order valence-electron chi connectivity index (χ0n) is 7.13. The summed E-state index contributed by atoms with van der Waals surface area (Å²) < 4.78 is 12.6. The minimum absolute atomic E-state index is 0.218. The maximum absolute atomic E-state index is 12.6. The van der Waals surface area contributed by atoms with Crippen molar-refractivity contribution in [3.05, 3.63) is 53.5 Å². The Morgan fingerprint density at radius 2 is 1.77 bits per heavy atom. The number of rotatable bonds is 1. The van der Waals surface area contributed by atoms with E-state index >= 15 is 0 Å². The van der Waals surface area contributed by atoms with Crippen molar-refractivity contribution in [2.24, 2.45) is 5.73 Å². The molecule has 0 radical (unpaired) electrons. The predicted octanol–water partition coefficient (Wildman–Crippen LogP) is 2.46. The molecular weight excluding hydrogens is 165 g/mol. The van der Waals surface area contributed by atoms with Gasteiger partial charge in [-0.2, -0.15) is 0 Å². The van der Waals surface area contributed by atoms with E-state index in [9.17, 15) is 4.39 Å². The molecule has 0 aliphatic heterocycles. The summed E-state index contributed by atoms with van der Waals surface area (Å²) in [5.74, 6) is -0.218. The van der Waals surface area contributed by atoms with Crippen molar-refractivity contribution < 1.29 is 4.39 Å². The summed E-state index contributed by atoms with van der Waals surface area (Å²) in [6, 6.07) is 6.38. The van der Waals surface area contributed by atoms with Gasteiger partial charge in [-0.25, -0.2) is 4.39 Å². The number of allylic oxidation sites excluding steroid dienone is 3. The molecule has 2 rings (SSSR count). The molecule has 66 valence electrons. The van der Waals surface area contributed by atoms with E-state index in [2.05, 4.69) is 0 Å². The van der Waals surface area contributed by atoms with Crippen LogP contribution in [0.3, 0.4) is 0 Å². The first-order valence-corrected chi connectivity index (χ1v) is 4.19. The van der Waals surface area contributed by atoms with Crippen LogP contribution < -0.4 is 5.73 Å². The van der Waals surface area contributed by atoms with Crippen LogP contribution in [0, 0.1) is 5.82 Å². The summed E-state index contributed by atoms with van der Waals surface area (Å²) >= 11 is 0. The number of halogens is 1. The zero-order chi connectivity index (χ0) is 9.26. The standard InChI is InChI=1S/C11H10FN/c12-9-6-4-8(5-7-9)10-2-1-3-11(10)13/h2-7H,1,13H2. The van der Waals surface area contributed by atoms with Gasteiger partial charge < -0.3 is 5.73 Å². The van der Waals surface area contributed by atoms with Crippen molar-refractivity contribution in [1.29, 1.82) is 0 Å². The van der Waals surface area contributed by atoms with E-state index in [1.54, 1.807) is 12.1 Å². The highest BCUT2D eigenvalue weighted by Gasteiger charge is 2.08. The van der Waals surface area contributed by atoms with Gasteiger partial charge in [-0.15, -0.1) is 0 Å². The molecule has 2 heteroatoms. The van der Waals surface area contributed by atoms with Gasteiger partial charge in [0.1, 0.15) is 5.82 Å². The molecule has 0 saturated carbocycles. The maximum atomic E-state index is 12.6. The lowest BCUT2D eigenvalue weighted by Gasteiger charge is -2.03. The van der Waals surface area contributed by atoms with Gasteiger partial charge in [0.2, 0.25) is 0 Å². The third-order valence-electron chi connectivity index (χ3n) is 2.13. The normalized spacial score (nSPS) is 15.5. The molecular formula is C11H10FN. The van der Waals surface area contributed by atoms with E-state index in [0.29, 0.717) is 0 Å². The van der Waals surface area contributed by atoms with E-state index in [4.69, 9.17) is 5.73 Å². The van der Waals surface area contributed by atoms with E-state index < -0.39 is 0 Å². The molecule has 1 aliphatic carbocycles. The maximum Gasteiger partial charge on any atom is 0.123 e. The first-order valence-electron chi connectivity index (χ1n) is 4.19. The summed E-state index contributed by atoms with van der Waals surface area (Å²) in [6.45, 7) is 0. The molecule has 0 atom stereocenters. The second kappa shape index (κ2) is 3.05. The largest absolute Gasteiger partial charge is 0.398 e. The molecule has 0 fully saturated rings. The Kier molecular flexibility index (Phi) is 1.89. The third-order valence-corrected chi connectivity index (χ3v) is 2.13. The molecule has 0 heterocycles. The van der Waals surface area contributed by atoms with Crippen LogP contribution in [0.1, 0.15) is 12.0 Å². The molecule has 2 N–H and O–H groups in total. The molecule has 1 aromatic rings. The van der Waals surface area contributed by atoms with E-state index in [-0.39, 0.29) is 5.82 Å². The summed E-state index contributed by atoms with van der Waals surface area (Å²) in [7, 11) is 0. The Hall–Kier alpha value is -1.57. The van der Waals surface area contributed by atoms with Gasteiger partial charge in [-0.05, 0) is 24.1 Å². The summed E-state index contributed by atoms with van der Waals surface area (Å²) in [5, 5.41) is 0. The van der Waals surface area contributed by atoms with Crippen LogP contribution in [0.25, 0.3) is 5.57 Å². The van der Waals surface area contributed by atoms with Crippen LogP contribution in [-0.4, -0.2) is 0 Å². The highest BCUT2D eigenvalue weighted by molar-refractivity contribution is 5.80. The minimum Gasteiger partial charge on any atom is -0.398 e. The van der Waals surface area contributed by atoms with Crippen LogP contribution in [0.5, 0.6) is 0 Å². The molecule has 1 aromatic carbocycles. The van der Waals surface area contributed by atoms with Gasteiger partial charge >= 0.3 is 0 Å². The van der Waals surface area contributed by atoms with Crippen LogP contribution in [0.2, 0.25) is 0 Å². The lowest BCUT2D eigenvalue weighted by Crippen LogP contribution is -1.97. The fourth-order valence-corrected chi connectivity index (χ4v) is 1.45. The molecule has 0 spiro atoms. The van der Waals surface area contributed by atoms with Crippen molar-refractivity contribution in [2.45, 2.75) is 6.42 Å². The quantitative estimate of drug-likeness (QED) is 0.697. The van der Waals surface area contributed by atoms with E-state index in [1.165, 1.54) is 12.1 Å². The van der Waals surface area contributed by atoms with E-state index in [1.807, 2.05) is 12.2 Å². The van der Waals surface area contributed by atoms with E-state index in [0.717, 1.165) is 23.3 Å². The van der Waals surface area contributed by atoms with Crippen LogP contribution in [-0.2, 0) is 0 Å². The summed E-state index contributed by atoms with van der Waals surface area (Å²) in [6.07, 6.45) is 4.87. The van der Waals surface area contributed by atoms with Crippen molar-refractivity contribution >= 4 is 5.57 Å². The monoisotopic (exact) mass is 175 g/mol. The fourth-order valence-electron chi connectivity index (χ4n) is 1.45. The lowest BCUT2D eigenvalue weighted by molar-refractivity contribution is 0.627. The summed E-state index contributed by atoms with van der Waals surface area (Å²) in [5.41, 5.74) is 8.53. The fraction of sp³-hybridized carbons (Fsp3) is 0.0909. The highest BCUT2D eigenvalue weighted by atomic mass is 19.1. The van der Waals surface area contributed by atoms with Gasteiger partial charge in [-0.1, -0.05) is 24.3 Å². The zero-order valence-corrected chi connectivity index (χ0v) is 7.13. The molecule has 0 unspecified atom stereocenters. The van der Waals surface area contributed by atoms with Crippen molar-refractivity contribution in [1.82, 2.24) is 0 Å². The Morgan fingerprint density at radius 1 is 1.08 bits per heavy atom. The number of hydrogen-bond donors (Lipinski definition) is 1. The first kappa shape index (κ1) is 8.05. The Labute approximate surface area is 76.4 Å². The van der Waals surface area contributed by atoms with Crippen LogP contribution in [0.15, 0.2) is 42.1 Å². The average molecular weight is 175 g/mol. The molecule has 0 amide bonds. The third kappa shape index (κ3) is 1.47. The lowest BCUT2D eigenvalue weighted by atomic mass is 10.1. The molecule has 1 nitrogen and oxygen atoms in total. The molecule has 0 aromatic heterocycles. The topological polar surface area (TPSA) is 26.0 Å². The van der Waals surface area contributed by atoms with Gasteiger partial charge in [0.25, 0.3) is 0 Å².